The Kier molecular flexibility index (Phi) is 5.52. The fourth-order valence-corrected chi connectivity index (χ4v) is 3.82. The van der Waals surface area contributed by atoms with Gasteiger partial charge in [0.1, 0.15) is 10.7 Å². The fourth-order valence-electron chi connectivity index (χ4n) is 1.96. The Hall–Kier alpha value is -1.94. The van der Waals surface area contributed by atoms with Crippen molar-refractivity contribution in [1.82, 2.24) is 0 Å². The lowest BCUT2D eigenvalue weighted by Crippen LogP contribution is -2.20. The number of rotatable bonds is 6. The van der Waals surface area contributed by atoms with Gasteiger partial charge in [0.15, 0.2) is 0 Å². The number of benzene rings is 2. The smallest absolute Gasteiger partial charge is 0.257 e. The quantitative estimate of drug-likeness (QED) is 0.771. The molecule has 0 aliphatic rings. The van der Waals surface area contributed by atoms with Gasteiger partial charge >= 0.3 is 0 Å². The molecular weight excluding hydrogens is 391 g/mol. The third kappa shape index (κ3) is 5.02. The molecule has 2 rings (SSSR count). The van der Waals surface area contributed by atoms with Crippen LogP contribution in [0, 0.1) is 5.82 Å². The third-order valence-electron chi connectivity index (χ3n) is 3.19. The van der Waals surface area contributed by atoms with Gasteiger partial charge in [-0.3, -0.25) is 4.72 Å². The monoisotopic (exact) mass is 404 g/mol. The van der Waals surface area contributed by atoms with Gasteiger partial charge in [0, 0.05) is 11.4 Å². The van der Waals surface area contributed by atoms with Crippen molar-refractivity contribution in [2.45, 2.75) is 11.3 Å². The minimum Gasteiger partial charge on any atom is -0.279 e. The van der Waals surface area contributed by atoms with E-state index in [-0.39, 0.29) is 17.0 Å². The summed E-state index contributed by atoms with van der Waals surface area (Å²) < 4.78 is 63.1. The first-order chi connectivity index (χ1) is 11.5. The number of anilines is 1. The highest BCUT2D eigenvalue weighted by atomic mass is 35.5. The minimum absolute atomic E-state index is 0.0155. The summed E-state index contributed by atoms with van der Waals surface area (Å²) in [6.07, 6.45) is -0.0155. The molecule has 0 saturated heterocycles. The molecule has 10 heteroatoms. The molecule has 0 heterocycles. The number of nitrogens with one attached hydrogen (secondary N) is 1. The number of allylic oxidation sites excluding steroid dienone is 1. The van der Waals surface area contributed by atoms with E-state index in [1.807, 2.05) is 0 Å². The lowest BCUT2D eigenvalue weighted by molar-refractivity contribution is 0.592. The second-order valence-electron chi connectivity index (χ2n) is 5.13. The molecule has 0 unspecified atom stereocenters. The van der Waals surface area contributed by atoms with Gasteiger partial charge < -0.3 is 0 Å². The van der Waals surface area contributed by atoms with Crippen LogP contribution < -0.4 is 9.86 Å². The van der Waals surface area contributed by atoms with E-state index in [4.69, 9.17) is 16.7 Å². The van der Waals surface area contributed by atoms with Gasteiger partial charge in [-0.15, -0.1) is 0 Å². The highest BCUT2D eigenvalue weighted by Crippen LogP contribution is 2.24. The van der Waals surface area contributed by atoms with Crippen molar-refractivity contribution in [3.05, 3.63) is 70.4 Å². The second kappa shape index (κ2) is 7.12. The van der Waals surface area contributed by atoms with E-state index in [1.165, 1.54) is 0 Å². The average molecular weight is 405 g/mol. The molecule has 134 valence electrons. The Morgan fingerprint density at radius 2 is 1.72 bits per heavy atom. The van der Waals surface area contributed by atoms with E-state index in [0.29, 0.717) is 16.7 Å². The predicted molar refractivity (Wildman–Crippen MR) is 94.6 cm³/mol. The topological polar surface area (TPSA) is 106 Å². The largest absolute Gasteiger partial charge is 0.279 e. The first kappa shape index (κ1) is 19.4. The van der Waals surface area contributed by atoms with Gasteiger partial charge in [0.25, 0.3) is 10.0 Å². The molecule has 6 nitrogen and oxygen atoms in total. The van der Waals surface area contributed by atoms with Crippen molar-refractivity contribution >= 4 is 37.3 Å². The van der Waals surface area contributed by atoms with Crippen LogP contribution in [0.1, 0.15) is 5.56 Å². The number of sulfonamides is 2. The molecule has 0 saturated carbocycles. The molecule has 2 aromatic rings. The SMILES string of the molecule is C=C(Cc1ccc(Cl)cc1)S(=O)(=O)Nc1ccc(F)cc1S(N)(=O)=O. The standard InChI is InChI=1S/C15H14ClFN2O4S2/c1-10(8-11-2-4-12(16)5-3-11)25(22,23)19-14-7-6-13(17)9-15(14)24(18,20)21/h2-7,9,19H,1,8H2,(H2,18,20,21). The summed E-state index contributed by atoms with van der Waals surface area (Å²) >= 11 is 5.77. The van der Waals surface area contributed by atoms with Crippen LogP contribution in [0.5, 0.6) is 0 Å². The highest BCUT2D eigenvalue weighted by Gasteiger charge is 2.22. The summed E-state index contributed by atoms with van der Waals surface area (Å²) in [5.74, 6) is -0.869. The maximum atomic E-state index is 13.3. The summed E-state index contributed by atoms with van der Waals surface area (Å²) in [4.78, 5) is -0.880. The van der Waals surface area contributed by atoms with E-state index in [9.17, 15) is 21.2 Å². The highest BCUT2D eigenvalue weighted by molar-refractivity contribution is 7.96. The molecule has 0 spiro atoms. The Morgan fingerprint density at radius 1 is 1.12 bits per heavy atom. The first-order valence-corrected chi connectivity index (χ1v) is 10.2. The van der Waals surface area contributed by atoms with Gasteiger partial charge in [-0.1, -0.05) is 30.3 Å². The zero-order valence-corrected chi connectivity index (χ0v) is 15.1. The zero-order valence-electron chi connectivity index (χ0n) is 12.7. The van der Waals surface area contributed by atoms with Crippen LogP contribution in [0.25, 0.3) is 0 Å². The molecule has 0 aliphatic carbocycles. The van der Waals surface area contributed by atoms with E-state index in [1.54, 1.807) is 24.3 Å². The van der Waals surface area contributed by atoms with Crippen LogP contribution in [0.3, 0.4) is 0 Å². The van der Waals surface area contributed by atoms with Gasteiger partial charge in [-0.25, -0.2) is 26.4 Å². The van der Waals surface area contributed by atoms with Crippen LogP contribution in [0.4, 0.5) is 10.1 Å². The fraction of sp³-hybridized carbons (Fsp3) is 0.0667. The van der Waals surface area contributed by atoms with Crippen LogP contribution in [-0.2, 0) is 26.5 Å². The molecule has 0 aliphatic heterocycles. The summed E-state index contributed by atoms with van der Waals surface area (Å²) in [6, 6.07) is 8.99. The summed E-state index contributed by atoms with van der Waals surface area (Å²) in [5, 5.41) is 5.49. The van der Waals surface area contributed by atoms with Crippen LogP contribution in [0.2, 0.25) is 5.02 Å². The van der Waals surface area contributed by atoms with Gasteiger partial charge in [-0.2, -0.15) is 0 Å². The van der Waals surface area contributed by atoms with Crippen LogP contribution >= 0.6 is 11.6 Å². The van der Waals surface area contributed by atoms with E-state index in [0.717, 1.165) is 12.1 Å². The lowest BCUT2D eigenvalue weighted by Gasteiger charge is -2.13. The van der Waals surface area contributed by atoms with Crippen molar-refractivity contribution < 1.29 is 21.2 Å². The first-order valence-electron chi connectivity index (χ1n) is 6.76. The van der Waals surface area contributed by atoms with Crippen molar-refractivity contribution in [3.63, 3.8) is 0 Å². The molecule has 0 radical (unpaired) electrons. The molecule has 0 bridgehead atoms. The molecule has 0 aromatic heterocycles. The zero-order chi connectivity index (χ0) is 18.8. The number of nitrogens with two attached hydrogens (primary N) is 1. The van der Waals surface area contributed by atoms with Crippen molar-refractivity contribution in [2.24, 2.45) is 5.14 Å². The van der Waals surface area contributed by atoms with Crippen molar-refractivity contribution in [2.75, 3.05) is 4.72 Å². The normalized spacial score (nSPS) is 12.0. The van der Waals surface area contributed by atoms with E-state index < -0.39 is 30.8 Å². The maximum absolute atomic E-state index is 13.3. The molecular formula is C15H14ClFN2O4S2. The number of hydrogen-bond acceptors (Lipinski definition) is 4. The van der Waals surface area contributed by atoms with E-state index >= 15 is 0 Å². The van der Waals surface area contributed by atoms with E-state index in [2.05, 4.69) is 11.3 Å². The second-order valence-corrected chi connectivity index (χ2v) is 8.89. The Balaban J connectivity index is 2.30. The summed E-state index contributed by atoms with van der Waals surface area (Å²) in [7, 11) is -8.47. The maximum Gasteiger partial charge on any atom is 0.257 e. The number of primary sulfonamides is 1. The molecule has 3 N–H and O–H groups in total. The summed E-state index contributed by atoms with van der Waals surface area (Å²) in [6.45, 7) is 3.51. The number of halogens is 2. The lowest BCUT2D eigenvalue weighted by atomic mass is 10.1. The van der Waals surface area contributed by atoms with Gasteiger partial charge in [0.2, 0.25) is 10.0 Å². The van der Waals surface area contributed by atoms with Crippen LogP contribution in [-0.4, -0.2) is 16.8 Å². The molecule has 0 amide bonds. The van der Waals surface area contributed by atoms with Crippen molar-refractivity contribution in [1.29, 1.82) is 0 Å². The molecule has 0 atom stereocenters. The van der Waals surface area contributed by atoms with Gasteiger partial charge in [0.05, 0.1) is 10.6 Å². The third-order valence-corrected chi connectivity index (χ3v) is 5.78. The molecule has 25 heavy (non-hydrogen) atoms. The average Bonchev–Trinajstić information content (AvgIpc) is 2.50. The predicted octanol–water partition coefficient (Wildman–Crippen LogP) is 2.62. The minimum atomic E-state index is -4.33. The summed E-state index contributed by atoms with van der Waals surface area (Å²) in [5.41, 5.74) is 0.284. The Bertz CT molecular complexity index is 1020. The molecule has 2 aromatic carbocycles. The molecule has 0 fully saturated rings. The Labute approximate surface area is 150 Å². The Morgan fingerprint density at radius 3 is 2.28 bits per heavy atom. The van der Waals surface area contributed by atoms with Gasteiger partial charge in [-0.05, 0) is 35.9 Å². The van der Waals surface area contributed by atoms with Crippen molar-refractivity contribution in [3.8, 4) is 0 Å². The van der Waals surface area contributed by atoms with Crippen LogP contribution in [0.15, 0.2) is 58.8 Å². The number of hydrogen-bond donors (Lipinski definition) is 2.